The van der Waals surface area contributed by atoms with Gasteiger partial charge in [-0.05, 0) is 29.3 Å². The molecule has 1 heterocycles. The summed E-state index contributed by atoms with van der Waals surface area (Å²) in [5.74, 6) is 0. The maximum atomic E-state index is 8.29. The quantitative estimate of drug-likeness (QED) is 0.671. The van der Waals surface area contributed by atoms with Crippen LogP contribution in [0.25, 0.3) is 0 Å². The maximum absolute atomic E-state index is 8.29. The zero-order valence-electron chi connectivity index (χ0n) is 8.29. The molecule has 4 heteroatoms. The Kier molecular flexibility index (Phi) is 5.10. The van der Waals surface area contributed by atoms with Crippen LogP contribution in [0.2, 0.25) is 0 Å². The second kappa shape index (κ2) is 5.29. The lowest BCUT2D eigenvalue weighted by atomic mass is 9.92. The molecule has 0 spiro atoms. The Morgan fingerprint density at radius 1 is 1.31 bits per heavy atom. The van der Waals surface area contributed by atoms with Crippen LogP contribution in [0.4, 0.5) is 0 Å². The summed E-state index contributed by atoms with van der Waals surface area (Å²) in [6.45, 7) is 8.95. The molecule has 0 bridgehead atoms. The molecule has 74 valence electrons. The van der Waals surface area contributed by atoms with Crippen molar-refractivity contribution in [3.8, 4) is 0 Å². The molecule has 0 amide bonds. The van der Waals surface area contributed by atoms with E-state index in [0.29, 0.717) is 5.41 Å². The van der Waals surface area contributed by atoms with Crippen LogP contribution in [-0.2, 0) is 17.0 Å². The molecule has 0 aliphatic rings. The van der Waals surface area contributed by atoms with Gasteiger partial charge in [-0.25, -0.2) is 0 Å². The van der Waals surface area contributed by atoms with E-state index in [9.17, 15) is 0 Å². The minimum Gasteiger partial charge on any atom is -0.168 e. The van der Waals surface area contributed by atoms with Gasteiger partial charge in [-0.2, -0.15) is 8.42 Å². The fraction of sp³-hybridized carbons (Fsp3) is 0.556. The molecule has 13 heavy (non-hydrogen) atoms. The van der Waals surface area contributed by atoms with Crippen LogP contribution in [0.3, 0.4) is 0 Å². The molecular weight excluding hydrogens is 204 g/mol. The van der Waals surface area contributed by atoms with Gasteiger partial charge in [0.05, 0.1) is 0 Å². The average molecular weight is 218 g/mol. The Hall–Kier alpha value is -0.480. The first-order valence-electron chi connectivity index (χ1n) is 3.90. The SMILES string of the molecule is Cc1ccsc1C(C)(C)C.O=S=O. The zero-order valence-corrected chi connectivity index (χ0v) is 9.92. The maximum Gasteiger partial charge on any atom is 0.335 e. The molecule has 0 saturated carbocycles. The summed E-state index contributed by atoms with van der Waals surface area (Å²) in [5, 5.41) is 2.16. The minimum absolute atomic E-state index is 0.332. The van der Waals surface area contributed by atoms with Gasteiger partial charge in [0.1, 0.15) is 0 Å². The minimum atomic E-state index is -0.750. The van der Waals surface area contributed by atoms with Gasteiger partial charge in [-0.1, -0.05) is 20.8 Å². The van der Waals surface area contributed by atoms with E-state index in [-0.39, 0.29) is 0 Å². The Bertz CT molecular complexity index is 291. The largest absolute Gasteiger partial charge is 0.335 e. The highest BCUT2D eigenvalue weighted by Gasteiger charge is 2.16. The molecule has 0 radical (unpaired) electrons. The monoisotopic (exact) mass is 218 g/mol. The Morgan fingerprint density at radius 3 is 1.92 bits per heavy atom. The molecule has 1 aromatic heterocycles. The molecule has 0 N–H and O–H groups in total. The average Bonchev–Trinajstić information content (AvgIpc) is 2.35. The molecule has 0 atom stereocenters. The van der Waals surface area contributed by atoms with Gasteiger partial charge >= 0.3 is 11.6 Å². The van der Waals surface area contributed by atoms with E-state index in [1.165, 1.54) is 10.4 Å². The van der Waals surface area contributed by atoms with E-state index in [0.717, 1.165) is 0 Å². The summed E-state index contributed by atoms with van der Waals surface area (Å²) in [5.41, 5.74) is 1.76. The number of hydrogen-bond acceptors (Lipinski definition) is 3. The van der Waals surface area contributed by atoms with E-state index in [1.54, 1.807) is 0 Å². The lowest BCUT2D eigenvalue weighted by molar-refractivity contribution is 0.600. The highest BCUT2D eigenvalue weighted by molar-refractivity contribution is 7.51. The molecule has 1 aromatic rings. The van der Waals surface area contributed by atoms with Gasteiger partial charge in [0.2, 0.25) is 0 Å². The molecule has 0 saturated heterocycles. The molecular formula is C9H14O2S2. The Morgan fingerprint density at radius 2 is 1.77 bits per heavy atom. The highest BCUT2D eigenvalue weighted by atomic mass is 32.1. The number of rotatable bonds is 0. The van der Waals surface area contributed by atoms with Crippen molar-refractivity contribution in [3.05, 3.63) is 21.9 Å². The third-order valence-corrected chi connectivity index (χ3v) is 2.99. The lowest BCUT2D eigenvalue weighted by Crippen LogP contribution is -2.09. The van der Waals surface area contributed by atoms with E-state index in [4.69, 9.17) is 8.42 Å². The summed E-state index contributed by atoms with van der Waals surface area (Å²) in [7, 11) is 0. The number of aryl methyl sites for hydroxylation is 1. The predicted molar refractivity (Wildman–Crippen MR) is 56.7 cm³/mol. The summed E-state index contributed by atoms with van der Waals surface area (Å²) in [4.78, 5) is 1.51. The topological polar surface area (TPSA) is 34.1 Å². The van der Waals surface area contributed by atoms with Crippen molar-refractivity contribution < 1.29 is 8.42 Å². The summed E-state index contributed by atoms with van der Waals surface area (Å²) in [6, 6.07) is 2.19. The van der Waals surface area contributed by atoms with E-state index >= 15 is 0 Å². The van der Waals surface area contributed by atoms with Gasteiger partial charge in [-0.15, -0.1) is 11.3 Å². The first kappa shape index (κ1) is 12.5. The third kappa shape index (κ3) is 4.33. The van der Waals surface area contributed by atoms with Gasteiger partial charge in [0.15, 0.2) is 0 Å². The number of thiophene rings is 1. The van der Waals surface area contributed by atoms with Crippen molar-refractivity contribution in [2.45, 2.75) is 33.1 Å². The van der Waals surface area contributed by atoms with Crippen LogP contribution in [0.5, 0.6) is 0 Å². The van der Waals surface area contributed by atoms with Crippen molar-refractivity contribution in [1.82, 2.24) is 0 Å². The molecule has 0 fully saturated rings. The molecule has 0 aliphatic carbocycles. The molecule has 0 unspecified atom stereocenters. The van der Waals surface area contributed by atoms with Crippen molar-refractivity contribution in [2.75, 3.05) is 0 Å². The van der Waals surface area contributed by atoms with Crippen molar-refractivity contribution in [2.24, 2.45) is 0 Å². The third-order valence-electron chi connectivity index (χ3n) is 1.54. The molecule has 0 aliphatic heterocycles. The first-order valence-corrected chi connectivity index (χ1v) is 5.44. The summed E-state index contributed by atoms with van der Waals surface area (Å²) in [6.07, 6.45) is 0. The van der Waals surface area contributed by atoms with Crippen LogP contribution in [0.15, 0.2) is 11.4 Å². The Balaban J connectivity index is 0.000000424. The van der Waals surface area contributed by atoms with Gasteiger partial charge < -0.3 is 0 Å². The second-order valence-electron chi connectivity index (χ2n) is 3.75. The zero-order chi connectivity index (χ0) is 10.5. The standard InChI is InChI=1S/C9H14S.O2S/c1-7-5-6-10-8(7)9(2,3)4;1-3-2/h5-6H,1-4H3;. The van der Waals surface area contributed by atoms with Crippen molar-refractivity contribution in [1.29, 1.82) is 0 Å². The van der Waals surface area contributed by atoms with Gasteiger partial charge in [0.25, 0.3) is 0 Å². The summed E-state index contributed by atoms with van der Waals surface area (Å²) < 4.78 is 16.6. The van der Waals surface area contributed by atoms with Gasteiger partial charge in [-0.3, -0.25) is 0 Å². The van der Waals surface area contributed by atoms with Crippen molar-refractivity contribution >= 4 is 22.9 Å². The van der Waals surface area contributed by atoms with E-state index in [1.807, 2.05) is 11.3 Å². The van der Waals surface area contributed by atoms with Crippen LogP contribution >= 0.6 is 11.3 Å². The lowest BCUT2D eigenvalue weighted by Gasteiger charge is -2.17. The predicted octanol–water partition coefficient (Wildman–Crippen LogP) is 2.68. The number of hydrogen-bond donors (Lipinski definition) is 0. The molecule has 1 rings (SSSR count). The smallest absolute Gasteiger partial charge is 0.168 e. The van der Waals surface area contributed by atoms with E-state index < -0.39 is 11.6 Å². The molecule has 0 aromatic carbocycles. The van der Waals surface area contributed by atoms with Gasteiger partial charge in [0, 0.05) is 4.88 Å². The van der Waals surface area contributed by atoms with Crippen LogP contribution in [-0.4, -0.2) is 8.42 Å². The van der Waals surface area contributed by atoms with E-state index in [2.05, 4.69) is 39.1 Å². The fourth-order valence-corrected chi connectivity index (χ4v) is 2.16. The Labute approximate surface area is 86.6 Å². The highest BCUT2D eigenvalue weighted by Crippen LogP contribution is 2.29. The normalized spacial score (nSPS) is 10.2. The first-order chi connectivity index (χ1) is 5.93. The van der Waals surface area contributed by atoms with Crippen molar-refractivity contribution in [3.63, 3.8) is 0 Å². The van der Waals surface area contributed by atoms with Crippen LogP contribution in [0, 0.1) is 6.92 Å². The fourth-order valence-electron chi connectivity index (χ4n) is 1.14. The summed E-state index contributed by atoms with van der Waals surface area (Å²) >= 11 is 1.11. The van der Waals surface area contributed by atoms with Crippen LogP contribution in [0.1, 0.15) is 31.2 Å². The molecule has 2 nitrogen and oxygen atoms in total. The van der Waals surface area contributed by atoms with Crippen LogP contribution < -0.4 is 0 Å². The second-order valence-corrected chi connectivity index (χ2v) is 4.80.